The number of anilines is 1. The van der Waals surface area contributed by atoms with Crippen LogP contribution in [0.15, 0.2) is 65.8 Å². The number of sulfonamides is 1. The van der Waals surface area contributed by atoms with Crippen LogP contribution in [0, 0.1) is 13.8 Å². The largest absolute Gasteiger partial charge is 0.279 e. The molecule has 0 atom stereocenters. The molecule has 0 radical (unpaired) electrons. The monoisotopic (exact) mass is 564 g/mol. The van der Waals surface area contributed by atoms with Crippen molar-refractivity contribution in [2.24, 2.45) is 0 Å². The average molecular weight is 565 g/mol. The number of nitrogens with zero attached hydrogens (tertiary/aromatic N) is 4. The zero-order valence-corrected chi connectivity index (χ0v) is 24.7. The van der Waals surface area contributed by atoms with Gasteiger partial charge in [-0.05, 0) is 85.8 Å². The van der Waals surface area contributed by atoms with Crippen LogP contribution in [0.1, 0.15) is 66.6 Å². The highest BCUT2D eigenvalue weighted by molar-refractivity contribution is 7.89. The fraction of sp³-hybridized carbons (Fsp3) is 0.367. The van der Waals surface area contributed by atoms with E-state index in [1.165, 1.54) is 16.9 Å². The number of hydrogen-bond donors (Lipinski definition) is 0. The standard InChI is InChI=1S/C30H36N4O3S2/c1-5-7-16-33(17-8-6-2)39(36,37)26-13-11-25(12-14-26)29(35)34(21-24-10-9-15-31-20-24)30-32-27-18-22(3)23(4)19-28(27)38-30/h9-15,18-20H,5-8,16-17,21H2,1-4H3. The van der Waals surface area contributed by atoms with E-state index in [0.717, 1.165) is 47.0 Å². The van der Waals surface area contributed by atoms with E-state index in [9.17, 15) is 13.2 Å². The van der Waals surface area contributed by atoms with E-state index in [4.69, 9.17) is 4.98 Å². The van der Waals surface area contributed by atoms with Gasteiger partial charge in [0, 0.05) is 31.0 Å². The van der Waals surface area contributed by atoms with Crippen LogP contribution in [0.2, 0.25) is 0 Å². The fourth-order valence-electron chi connectivity index (χ4n) is 4.28. The molecule has 0 spiro atoms. The molecule has 4 rings (SSSR count). The molecule has 0 unspecified atom stereocenters. The maximum atomic E-state index is 13.9. The molecule has 0 aliphatic heterocycles. The first kappa shape index (κ1) is 28.9. The van der Waals surface area contributed by atoms with Crippen molar-refractivity contribution >= 4 is 42.6 Å². The van der Waals surface area contributed by atoms with Gasteiger partial charge in [0.2, 0.25) is 10.0 Å². The van der Waals surface area contributed by atoms with Gasteiger partial charge in [-0.3, -0.25) is 14.7 Å². The summed E-state index contributed by atoms with van der Waals surface area (Å²) >= 11 is 1.47. The molecule has 2 aromatic heterocycles. The van der Waals surface area contributed by atoms with E-state index in [0.29, 0.717) is 30.3 Å². The molecule has 2 aromatic carbocycles. The van der Waals surface area contributed by atoms with Crippen LogP contribution in [0.3, 0.4) is 0 Å². The van der Waals surface area contributed by atoms with E-state index in [1.807, 2.05) is 25.1 Å². The number of carbonyl (C=O) groups excluding carboxylic acids is 1. The maximum Gasteiger partial charge on any atom is 0.260 e. The van der Waals surface area contributed by atoms with Gasteiger partial charge in [0.1, 0.15) is 0 Å². The van der Waals surface area contributed by atoms with E-state index in [-0.39, 0.29) is 10.8 Å². The molecule has 1 amide bonds. The first-order valence-electron chi connectivity index (χ1n) is 13.4. The van der Waals surface area contributed by atoms with Crippen molar-refractivity contribution in [2.45, 2.75) is 64.8 Å². The summed E-state index contributed by atoms with van der Waals surface area (Å²) in [5, 5.41) is 0.589. The first-order valence-corrected chi connectivity index (χ1v) is 15.7. The van der Waals surface area contributed by atoms with Crippen LogP contribution < -0.4 is 4.90 Å². The highest BCUT2D eigenvalue weighted by Crippen LogP contribution is 2.32. The number of carbonyl (C=O) groups is 1. The van der Waals surface area contributed by atoms with Crippen molar-refractivity contribution in [1.82, 2.24) is 14.3 Å². The van der Waals surface area contributed by atoms with E-state index in [1.54, 1.807) is 45.9 Å². The van der Waals surface area contributed by atoms with Gasteiger partial charge in [-0.2, -0.15) is 4.31 Å². The predicted molar refractivity (Wildman–Crippen MR) is 159 cm³/mol. The predicted octanol–water partition coefficient (Wildman–Crippen LogP) is 6.75. The molecular weight excluding hydrogens is 528 g/mol. The average Bonchev–Trinajstić information content (AvgIpc) is 3.34. The highest BCUT2D eigenvalue weighted by Gasteiger charge is 2.26. The molecule has 0 aliphatic carbocycles. The Kier molecular flexibility index (Phi) is 9.48. The highest BCUT2D eigenvalue weighted by atomic mass is 32.2. The lowest BCUT2D eigenvalue weighted by Crippen LogP contribution is -2.33. The number of fused-ring (bicyclic) bond motifs is 1. The normalized spacial score (nSPS) is 11.8. The summed E-state index contributed by atoms with van der Waals surface area (Å²) in [5.74, 6) is -0.246. The van der Waals surface area contributed by atoms with Crippen LogP contribution >= 0.6 is 11.3 Å². The SMILES string of the molecule is CCCCN(CCCC)S(=O)(=O)c1ccc(C(=O)N(Cc2cccnc2)c2nc3cc(C)c(C)cc3s2)cc1. The molecule has 0 fully saturated rings. The topological polar surface area (TPSA) is 83.5 Å². The molecule has 206 valence electrons. The van der Waals surface area contributed by atoms with Gasteiger partial charge in [-0.1, -0.05) is 44.1 Å². The van der Waals surface area contributed by atoms with Crippen molar-refractivity contribution < 1.29 is 13.2 Å². The number of pyridine rings is 1. The van der Waals surface area contributed by atoms with Crippen LogP contribution in [0.25, 0.3) is 10.2 Å². The second-order valence-electron chi connectivity index (χ2n) is 9.79. The molecule has 0 saturated carbocycles. The number of rotatable bonds is 12. The van der Waals surface area contributed by atoms with Crippen molar-refractivity contribution in [1.29, 1.82) is 0 Å². The van der Waals surface area contributed by atoms with Crippen molar-refractivity contribution in [2.75, 3.05) is 18.0 Å². The Bertz CT molecular complexity index is 1470. The molecule has 7 nitrogen and oxygen atoms in total. The van der Waals surface area contributed by atoms with Crippen LogP contribution in [0.4, 0.5) is 5.13 Å². The molecule has 0 N–H and O–H groups in total. The van der Waals surface area contributed by atoms with Gasteiger partial charge >= 0.3 is 0 Å². The molecule has 0 bridgehead atoms. The lowest BCUT2D eigenvalue weighted by atomic mass is 10.1. The number of thiazole rings is 1. The summed E-state index contributed by atoms with van der Waals surface area (Å²) in [7, 11) is -3.64. The number of unbranched alkanes of at least 4 members (excludes halogenated alkanes) is 2. The summed E-state index contributed by atoms with van der Waals surface area (Å²) in [6.07, 6.45) is 6.89. The zero-order valence-electron chi connectivity index (χ0n) is 23.1. The molecule has 2 heterocycles. The molecule has 0 saturated heterocycles. The van der Waals surface area contributed by atoms with Gasteiger partial charge in [0.15, 0.2) is 5.13 Å². The summed E-state index contributed by atoms with van der Waals surface area (Å²) < 4.78 is 29.4. The Morgan fingerprint density at radius 1 is 0.949 bits per heavy atom. The van der Waals surface area contributed by atoms with Crippen molar-refractivity contribution in [3.63, 3.8) is 0 Å². The summed E-state index contributed by atoms with van der Waals surface area (Å²) in [4.78, 5) is 24.7. The Morgan fingerprint density at radius 3 is 2.23 bits per heavy atom. The third-order valence-electron chi connectivity index (χ3n) is 6.79. The molecule has 4 aromatic rings. The minimum atomic E-state index is -3.64. The summed E-state index contributed by atoms with van der Waals surface area (Å²) in [6.45, 7) is 9.50. The van der Waals surface area contributed by atoms with Gasteiger partial charge in [0.05, 0.1) is 21.7 Å². The Hall–Kier alpha value is -3.14. The minimum Gasteiger partial charge on any atom is -0.279 e. The molecule has 0 aliphatic rings. The van der Waals surface area contributed by atoms with Crippen LogP contribution in [-0.4, -0.2) is 41.7 Å². The van der Waals surface area contributed by atoms with E-state index in [2.05, 4.69) is 31.8 Å². The smallest absolute Gasteiger partial charge is 0.260 e. The number of aromatic nitrogens is 2. The van der Waals surface area contributed by atoms with Crippen LogP contribution in [-0.2, 0) is 16.6 Å². The fourth-order valence-corrected chi connectivity index (χ4v) is 6.84. The summed E-state index contributed by atoms with van der Waals surface area (Å²) in [6, 6.07) is 14.2. The molecule has 39 heavy (non-hydrogen) atoms. The van der Waals surface area contributed by atoms with Gasteiger partial charge in [-0.15, -0.1) is 0 Å². The molecule has 9 heteroatoms. The number of amides is 1. The van der Waals surface area contributed by atoms with E-state index < -0.39 is 10.0 Å². The first-order chi connectivity index (χ1) is 18.7. The zero-order chi connectivity index (χ0) is 28.0. The quantitative estimate of drug-likeness (QED) is 0.190. The lowest BCUT2D eigenvalue weighted by molar-refractivity contribution is 0.0985. The number of aryl methyl sites for hydroxylation is 2. The minimum absolute atomic E-state index is 0.205. The lowest BCUT2D eigenvalue weighted by Gasteiger charge is -2.22. The second kappa shape index (κ2) is 12.8. The number of benzene rings is 2. The second-order valence-corrected chi connectivity index (χ2v) is 12.7. The Balaban J connectivity index is 1.66. The maximum absolute atomic E-state index is 13.9. The van der Waals surface area contributed by atoms with Crippen LogP contribution in [0.5, 0.6) is 0 Å². The van der Waals surface area contributed by atoms with Gasteiger partial charge < -0.3 is 0 Å². The Morgan fingerprint density at radius 2 is 1.62 bits per heavy atom. The number of hydrogen-bond acceptors (Lipinski definition) is 6. The summed E-state index contributed by atoms with van der Waals surface area (Å²) in [5.41, 5.74) is 4.44. The van der Waals surface area contributed by atoms with E-state index >= 15 is 0 Å². The Labute approximate surface area is 235 Å². The van der Waals surface area contributed by atoms with Gasteiger partial charge in [0.25, 0.3) is 5.91 Å². The third kappa shape index (κ3) is 6.72. The van der Waals surface area contributed by atoms with Gasteiger partial charge in [-0.25, -0.2) is 13.4 Å². The molecular formula is C30H36N4O3S2. The third-order valence-corrected chi connectivity index (χ3v) is 9.75. The van der Waals surface area contributed by atoms with Crippen molar-refractivity contribution in [3.8, 4) is 0 Å². The van der Waals surface area contributed by atoms with Crippen molar-refractivity contribution in [3.05, 3.63) is 83.2 Å².